The van der Waals surface area contributed by atoms with E-state index in [2.05, 4.69) is 41.9 Å². The Morgan fingerprint density at radius 2 is 1.65 bits per heavy atom. The molecule has 4 aromatic rings. The van der Waals surface area contributed by atoms with Crippen molar-refractivity contribution in [2.24, 2.45) is 7.05 Å². The van der Waals surface area contributed by atoms with Gasteiger partial charge in [-0.2, -0.15) is 0 Å². The molecule has 3 aromatic carbocycles. The summed E-state index contributed by atoms with van der Waals surface area (Å²) in [5, 5.41) is 1.18. The van der Waals surface area contributed by atoms with E-state index < -0.39 is 0 Å². The number of benzene rings is 3. The van der Waals surface area contributed by atoms with Crippen molar-refractivity contribution in [3.05, 3.63) is 95.7 Å². The summed E-state index contributed by atoms with van der Waals surface area (Å²) in [7, 11) is 2.06. The lowest BCUT2D eigenvalue weighted by molar-refractivity contribution is -0.131. The van der Waals surface area contributed by atoms with Crippen molar-refractivity contribution in [1.29, 1.82) is 0 Å². The second-order valence-corrected chi connectivity index (χ2v) is 7.85. The van der Waals surface area contributed by atoms with Gasteiger partial charge < -0.3 is 18.9 Å². The molecule has 0 fully saturated rings. The van der Waals surface area contributed by atoms with E-state index >= 15 is 0 Å². The quantitative estimate of drug-likeness (QED) is 0.462. The van der Waals surface area contributed by atoms with Crippen molar-refractivity contribution < 1.29 is 14.3 Å². The van der Waals surface area contributed by atoms with Gasteiger partial charge in [0, 0.05) is 24.8 Å². The van der Waals surface area contributed by atoms with Crippen molar-refractivity contribution in [2.75, 3.05) is 6.79 Å². The molecule has 5 heteroatoms. The van der Waals surface area contributed by atoms with Gasteiger partial charge in [-0.3, -0.25) is 4.79 Å². The van der Waals surface area contributed by atoms with E-state index in [1.54, 1.807) is 0 Å². The molecule has 156 valence electrons. The number of rotatable bonds is 6. The Morgan fingerprint density at radius 1 is 0.871 bits per heavy atom. The number of fused-ring (bicyclic) bond motifs is 2. The van der Waals surface area contributed by atoms with Crippen LogP contribution < -0.4 is 9.47 Å². The molecule has 0 N–H and O–H groups in total. The fraction of sp³-hybridized carbons (Fsp3) is 0.192. The molecule has 0 radical (unpaired) electrons. The molecule has 0 atom stereocenters. The highest BCUT2D eigenvalue weighted by Crippen LogP contribution is 2.32. The van der Waals surface area contributed by atoms with E-state index in [1.165, 1.54) is 10.9 Å². The maximum Gasteiger partial charge on any atom is 0.231 e. The van der Waals surface area contributed by atoms with Gasteiger partial charge in [-0.1, -0.05) is 54.6 Å². The number of aryl methyl sites for hydroxylation is 1. The maximum atomic E-state index is 13.4. The number of carbonyl (C=O) groups excluding carboxylic acids is 1. The lowest BCUT2D eigenvalue weighted by atomic mass is 10.1. The highest BCUT2D eigenvalue weighted by molar-refractivity contribution is 5.82. The molecule has 0 aliphatic carbocycles. The van der Waals surface area contributed by atoms with Gasteiger partial charge in [-0.25, -0.2) is 0 Å². The van der Waals surface area contributed by atoms with E-state index in [9.17, 15) is 4.79 Å². The van der Waals surface area contributed by atoms with E-state index in [-0.39, 0.29) is 12.7 Å². The summed E-state index contributed by atoms with van der Waals surface area (Å²) in [6.07, 6.45) is 0.313. The molecule has 1 amide bonds. The molecular formula is C26H24N2O3. The summed E-state index contributed by atoms with van der Waals surface area (Å²) in [5.74, 6) is 1.51. The zero-order valence-corrected chi connectivity index (χ0v) is 17.5. The summed E-state index contributed by atoms with van der Waals surface area (Å²) in [6, 6.07) is 26.3. The van der Waals surface area contributed by atoms with Gasteiger partial charge in [-0.15, -0.1) is 0 Å². The van der Waals surface area contributed by atoms with Gasteiger partial charge in [0.05, 0.1) is 13.0 Å². The molecule has 31 heavy (non-hydrogen) atoms. The SMILES string of the molecule is Cn1c(CN(Cc2ccccc2)C(=O)Cc2ccc3c(c2)OCO3)cc2ccccc21. The fourth-order valence-corrected chi connectivity index (χ4v) is 4.07. The van der Waals surface area contributed by atoms with Gasteiger partial charge in [0.25, 0.3) is 0 Å². The third-order valence-corrected chi connectivity index (χ3v) is 5.77. The standard InChI is InChI=1S/C26H24N2O3/c1-27-22(15-21-9-5-6-10-23(21)27)17-28(16-19-7-3-2-4-8-19)26(29)14-20-11-12-24-25(13-20)31-18-30-24/h2-13,15H,14,16-18H2,1H3. The van der Waals surface area contributed by atoms with Crippen LogP contribution in [0, 0.1) is 0 Å². The molecule has 0 bridgehead atoms. The molecule has 0 unspecified atom stereocenters. The monoisotopic (exact) mass is 412 g/mol. The van der Waals surface area contributed by atoms with Crippen LogP contribution in [0.5, 0.6) is 11.5 Å². The fourth-order valence-electron chi connectivity index (χ4n) is 4.07. The summed E-state index contributed by atoms with van der Waals surface area (Å²) in [5.41, 5.74) is 4.31. The third-order valence-electron chi connectivity index (χ3n) is 5.77. The minimum atomic E-state index is 0.0768. The molecular weight excluding hydrogens is 388 g/mol. The van der Waals surface area contributed by atoms with Crippen molar-refractivity contribution in [2.45, 2.75) is 19.5 Å². The molecule has 5 nitrogen and oxygen atoms in total. The summed E-state index contributed by atoms with van der Waals surface area (Å²) in [6.45, 7) is 1.34. The second-order valence-electron chi connectivity index (χ2n) is 7.85. The number of aromatic nitrogens is 1. The highest BCUT2D eigenvalue weighted by atomic mass is 16.7. The number of carbonyl (C=O) groups is 1. The van der Waals surface area contributed by atoms with Crippen molar-refractivity contribution in [3.8, 4) is 11.5 Å². The summed E-state index contributed by atoms with van der Waals surface area (Å²) < 4.78 is 13.0. The molecule has 2 heterocycles. The van der Waals surface area contributed by atoms with Gasteiger partial charge in [0.15, 0.2) is 11.5 Å². The molecule has 1 aliphatic rings. The Morgan fingerprint density at radius 3 is 2.48 bits per heavy atom. The maximum absolute atomic E-state index is 13.4. The average molecular weight is 412 g/mol. The van der Waals surface area contributed by atoms with Crippen molar-refractivity contribution >= 4 is 16.8 Å². The van der Waals surface area contributed by atoms with Gasteiger partial charge in [0.1, 0.15) is 0 Å². The van der Waals surface area contributed by atoms with Crippen LogP contribution in [0.25, 0.3) is 10.9 Å². The first-order chi connectivity index (χ1) is 15.2. The topological polar surface area (TPSA) is 43.7 Å². The minimum absolute atomic E-state index is 0.0768. The van der Waals surface area contributed by atoms with Crippen molar-refractivity contribution in [3.63, 3.8) is 0 Å². The van der Waals surface area contributed by atoms with Gasteiger partial charge >= 0.3 is 0 Å². The Hall–Kier alpha value is -3.73. The van der Waals surface area contributed by atoms with E-state index in [0.717, 1.165) is 22.6 Å². The zero-order valence-electron chi connectivity index (χ0n) is 17.5. The largest absolute Gasteiger partial charge is 0.454 e. The predicted octanol–water partition coefficient (Wildman–Crippen LogP) is 4.68. The normalized spacial score (nSPS) is 12.3. The minimum Gasteiger partial charge on any atom is -0.454 e. The molecule has 0 spiro atoms. The van der Waals surface area contributed by atoms with Crippen LogP contribution in [0.2, 0.25) is 0 Å². The molecule has 1 aromatic heterocycles. The smallest absolute Gasteiger partial charge is 0.231 e. The lowest BCUT2D eigenvalue weighted by Crippen LogP contribution is -2.32. The molecule has 1 aliphatic heterocycles. The van der Waals surface area contributed by atoms with Crippen LogP contribution in [0.3, 0.4) is 0 Å². The van der Waals surface area contributed by atoms with Crippen molar-refractivity contribution in [1.82, 2.24) is 9.47 Å². The average Bonchev–Trinajstić information content (AvgIpc) is 3.38. The van der Waals surface area contributed by atoms with Crippen LogP contribution in [-0.4, -0.2) is 22.2 Å². The lowest BCUT2D eigenvalue weighted by Gasteiger charge is -2.23. The predicted molar refractivity (Wildman–Crippen MR) is 120 cm³/mol. The van der Waals surface area contributed by atoms with Gasteiger partial charge in [-0.05, 0) is 40.8 Å². The first-order valence-corrected chi connectivity index (χ1v) is 10.4. The molecule has 0 saturated heterocycles. The summed E-state index contributed by atoms with van der Waals surface area (Å²) in [4.78, 5) is 15.3. The van der Waals surface area contributed by atoms with Gasteiger partial charge in [0.2, 0.25) is 12.7 Å². The number of amides is 1. The molecule has 0 saturated carbocycles. The highest BCUT2D eigenvalue weighted by Gasteiger charge is 2.20. The van der Waals surface area contributed by atoms with Crippen LogP contribution in [0.4, 0.5) is 0 Å². The van der Waals surface area contributed by atoms with E-state index in [0.29, 0.717) is 25.3 Å². The number of para-hydroxylation sites is 1. The van der Waals surface area contributed by atoms with E-state index in [4.69, 9.17) is 9.47 Å². The van der Waals surface area contributed by atoms with E-state index in [1.807, 2.05) is 53.4 Å². The number of hydrogen-bond donors (Lipinski definition) is 0. The van der Waals surface area contributed by atoms with Crippen LogP contribution >= 0.6 is 0 Å². The first kappa shape index (κ1) is 19.2. The molecule has 5 rings (SSSR count). The van der Waals surface area contributed by atoms with Crippen LogP contribution in [0.1, 0.15) is 16.8 Å². The Kier molecular flexibility index (Phi) is 5.08. The number of ether oxygens (including phenoxy) is 2. The Labute approximate surface area is 181 Å². The second kappa shape index (κ2) is 8.19. The number of nitrogens with zero attached hydrogens (tertiary/aromatic N) is 2. The first-order valence-electron chi connectivity index (χ1n) is 10.4. The summed E-state index contributed by atoms with van der Waals surface area (Å²) >= 11 is 0. The third kappa shape index (κ3) is 3.99. The Balaban J connectivity index is 1.41. The van der Waals surface area contributed by atoms with Crippen LogP contribution in [-0.2, 0) is 31.4 Å². The van der Waals surface area contributed by atoms with Crippen LogP contribution in [0.15, 0.2) is 78.9 Å². The zero-order chi connectivity index (χ0) is 21.2. The number of hydrogen-bond acceptors (Lipinski definition) is 3. The Bertz CT molecular complexity index is 1230.